The summed E-state index contributed by atoms with van der Waals surface area (Å²) in [6.45, 7) is 2.52. The van der Waals surface area contributed by atoms with Crippen molar-refractivity contribution >= 4 is 68.9 Å². The van der Waals surface area contributed by atoms with Crippen molar-refractivity contribution in [3.8, 4) is 11.5 Å². The van der Waals surface area contributed by atoms with Gasteiger partial charge in [-0.2, -0.15) is 0 Å². The molecule has 1 amide bonds. The highest BCUT2D eigenvalue weighted by atomic mass is 35.5. The molecule has 1 saturated heterocycles. The maximum Gasteiger partial charge on any atom is 0.301 e. The van der Waals surface area contributed by atoms with Crippen molar-refractivity contribution in [1.29, 1.82) is 0 Å². The van der Waals surface area contributed by atoms with Gasteiger partial charge in [0.1, 0.15) is 12.4 Å². The van der Waals surface area contributed by atoms with Crippen LogP contribution in [0.4, 0.5) is 5.13 Å². The predicted molar refractivity (Wildman–Crippen MR) is 186 cm³/mol. The van der Waals surface area contributed by atoms with E-state index in [1.165, 1.54) is 16.7 Å². The summed E-state index contributed by atoms with van der Waals surface area (Å²) in [4.78, 5) is 28.7. The SMILES string of the molecule is CCOc1cc(C2/C(=C(\O)c3ccccc3)C(=O)C(=O)N2c2nnc(SCc3ccc(Cl)cc3Cl)s2)ccc1OCc1ccccc1. The summed E-state index contributed by atoms with van der Waals surface area (Å²) in [6, 6.07) is 27.8. The van der Waals surface area contributed by atoms with Crippen molar-refractivity contribution in [1.82, 2.24) is 10.2 Å². The van der Waals surface area contributed by atoms with Gasteiger partial charge in [-0.3, -0.25) is 14.5 Å². The zero-order chi connectivity index (χ0) is 32.9. The summed E-state index contributed by atoms with van der Waals surface area (Å²) in [5.41, 5.74) is 2.70. The largest absolute Gasteiger partial charge is 0.507 e. The Bertz CT molecular complexity index is 1950. The smallest absolute Gasteiger partial charge is 0.301 e. The number of Topliss-reactive ketones (excluding diaryl/α,β-unsaturated/α-hetero) is 1. The fraction of sp³-hybridized carbons (Fsp3) is 0.143. The van der Waals surface area contributed by atoms with Gasteiger partial charge in [0.15, 0.2) is 15.8 Å². The lowest BCUT2D eigenvalue weighted by atomic mass is 9.95. The van der Waals surface area contributed by atoms with Gasteiger partial charge in [-0.1, -0.05) is 119 Å². The zero-order valence-electron chi connectivity index (χ0n) is 24.9. The Balaban J connectivity index is 1.38. The molecule has 2 heterocycles. The molecule has 1 aliphatic rings. The molecule has 1 aromatic heterocycles. The quantitative estimate of drug-likeness (QED) is 0.0479. The molecule has 0 aliphatic carbocycles. The first-order chi connectivity index (χ1) is 22.8. The molecule has 5 aromatic rings. The molecule has 0 radical (unpaired) electrons. The van der Waals surface area contributed by atoms with E-state index in [4.69, 9.17) is 32.7 Å². The molecule has 0 spiro atoms. The van der Waals surface area contributed by atoms with Gasteiger partial charge in [-0.25, -0.2) is 0 Å². The third kappa shape index (κ3) is 7.16. The third-order valence-electron chi connectivity index (χ3n) is 7.28. The number of aliphatic hydroxyl groups is 1. The molecule has 4 aromatic carbocycles. The Kier molecular flexibility index (Phi) is 10.1. The van der Waals surface area contributed by atoms with Crippen LogP contribution in [0.3, 0.4) is 0 Å². The van der Waals surface area contributed by atoms with Crippen molar-refractivity contribution < 1.29 is 24.2 Å². The number of benzene rings is 4. The van der Waals surface area contributed by atoms with Gasteiger partial charge < -0.3 is 14.6 Å². The summed E-state index contributed by atoms with van der Waals surface area (Å²) in [5, 5.41) is 21.3. The Hall–Kier alpha value is -4.35. The van der Waals surface area contributed by atoms with Crippen molar-refractivity contribution in [3.05, 3.63) is 135 Å². The van der Waals surface area contributed by atoms with Crippen LogP contribution in [0.2, 0.25) is 10.0 Å². The zero-order valence-corrected chi connectivity index (χ0v) is 28.1. The number of ether oxygens (including phenoxy) is 2. The van der Waals surface area contributed by atoms with Gasteiger partial charge in [0.2, 0.25) is 5.13 Å². The summed E-state index contributed by atoms with van der Waals surface area (Å²) in [5.74, 6) is -0.549. The molecule has 1 unspecified atom stereocenters. The van der Waals surface area contributed by atoms with Gasteiger partial charge >= 0.3 is 5.91 Å². The van der Waals surface area contributed by atoms with E-state index in [1.807, 2.05) is 43.3 Å². The molecule has 1 N–H and O–H groups in total. The van der Waals surface area contributed by atoms with E-state index < -0.39 is 17.7 Å². The molecule has 1 fully saturated rings. The monoisotopic (exact) mass is 703 g/mol. The lowest BCUT2D eigenvalue weighted by molar-refractivity contribution is -0.132. The number of carbonyl (C=O) groups is 2. The van der Waals surface area contributed by atoms with Crippen molar-refractivity contribution in [2.24, 2.45) is 0 Å². The number of hydrogen-bond donors (Lipinski definition) is 1. The number of halogens is 2. The topological polar surface area (TPSA) is 102 Å². The van der Waals surface area contributed by atoms with Crippen LogP contribution in [-0.4, -0.2) is 33.6 Å². The maximum absolute atomic E-state index is 13.7. The molecule has 12 heteroatoms. The first kappa shape index (κ1) is 32.6. The van der Waals surface area contributed by atoms with Crippen molar-refractivity contribution in [2.75, 3.05) is 11.5 Å². The van der Waals surface area contributed by atoms with E-state index >= 15 is 0 Å². The molecule has 238 valence electrons. The number of aliphatic hydroxyl groups excluding tert-OH is 1. The van der Waals surface area contributed by atoms with E-state index in [-0.39, 0.29) is 16.5 Å². The first-order valence-corrected chi connectivity index (χ1v) is 17.1. The average molecular weight is 705 g/mol. The van der Waals surface area contributed by atoms with Crippen LogP contribution in [0.15, 0.2) is 107 Å². The van der Waals surface area contributed by atoms with Crippen LogP contribution in [0.5, 0.6) is 11.5 Å². The second-order valence-corrected chi connectivity index (χ2v) is 13.3. The van der Waals surface area contributed by atoms with Gasteiger partial charge in [0.05, 0.1) is 18.2 Å². The van der Waals surface area contributed by atoms with E-state index in [9.17, 15) is 14.7 Å². The molecule has 0 saturated carbocycles. The second-order valence-electron chi connectivity index (χ2n) is 10.3. The Morgan fingerprint density at radius 2 is 1.66 bits per heavy atom. The van der Waals surface area contributed by atoms with Crippen LogP contribution in [0, 0.1) is 0 Å². The van der Waals surface area contributed by atoms with E-state index in [2.05, 4.69) is 10.2 Å². The molecule has 8 nitrogen and oxygen atoms in total. The fourth-order valence-corrected chi connectivity index (χ4v) is 7.48. The second kappa shape index (κ2) is 14.6. The van der Waals surface area contributed by atoms with Crippen LogP contribution in [0.1, 0.15) is 35.2 Å². The lowest BCUT2D eigenvalue weighted by Crippen LogP contribution is -2.29. The van der Waals surface area contributed by atoms with E-state index in [1.54, 1.807) is 60.7 Å². The minimum atomic E-state index is -1.02. The number of hydrogen-bond acceptors (Lipinski definition) is 9. The minimum absolute atomic E-state index is 0.0704. The molecule has 1 atom stereocenters. The van der Waals surface area contributed by atoms with Gasteiger partial charge in [-0.05, 0) is 47.9 Å². The molecule has 47 heavy (non-hydrogen) atoms. The van der Waals surface area contributed by atoms with Gasteiger partial charge in [0.25, 0.3) is 5.78 Å². The van der Waals surface area contributed by atoms with Crippen LogP contribution >= 0.6 is 46.3 Å². The van der Waals surface area contributed by atoms with Gasteiger partial charge in [0, 0.05) is 21.4 Å². The minimum Gasteiger partial charge on any atom is -0.507 e. The number of ketones is 1. The van der Waals surface area contributed by atoms with Crippen molar-refractivity contribution in [3.63, 3.8) is 0 Å². The summed E-state index contributed by atoms with van der Waals surface area (Å²) < 4.78 is 12.6. The highest BCUT2D eigenvalue weighted by molar-refractivity contribution is 8.00. The standard InChI is InChI=1S/C35H27Cl2N3O5S2/c1-2-44-28-17-23(14-16-27(28)45-19-21-9-5-3-6-10-21)30-29(31(41)22-11-7-4-8-12-22)32(42)33(43)40(30)34-38-39-35(47-34)46-20-24-13-15-25(36)18-26(24)37/h3-18,30,41H,2,19-20H2,1H3/b31-29+. The summed E-state index contributed by atoms with van der Waals surface area (Å²) in [6.07, 6.45) is 0. The van der Waals surface area contributed by atoms with Crippen molar-refractivity contribution in [2.45, 2.75) is 29.7 Å². The molecule has 0 bridgehead atoms. The van der Waals surface area contributed by atoms with E-state index in [0.717, 1.165) is 22.5 Å². The van der Waals surface area contributed by atoms with Crippen LogP contribution in [0.25, 0.3) is 5.76 Å². The number of thioether (sulfide) groups is 1. The number of nitrogens with zero attached hydrogens (tertiary/aromatic N) is 3. The Labute approximate surface area is 289 Å². The summed E-state index contributed by atoms with van der Waals surface area (Å²) >= 11 is 14.9. The highest BCUT2D eigenvalue weighted by Crippen LogP contribution is 2.46. The molecular weight excluding hydrogens is 677 g/mol. The van der Waals surface area contributed by atoms with E-state index in [0.29, 0.717) is 56.0 Å². The Morgan fingerprint density at radius 3 is 2.38 bits per heavy atom. The predicted octanol–water partition coefficient (Wildman–Crippen LogP) is 8.74. The molecule has 1 aliphatic heterocycles. The summed E-state index contributed by atoms with van der Waals surface area (Å²) in [7, 11) is 0. The Morgan fingerprint density at radius 1 is 0.915 bits per heavy atom. The number of amides is 1. The highest BCUT2D eigenvalue weighted by Gasteiger charge is 2.48. The first-order valence-electron chi connectivity index (χ1n) is 14.5. The number of anilines is 1. The number of rotatable bonds is 11. The number of carbonyl (C=O) groups excluding carboxylic acids is 2. The normalized spacial score (nSPS) is 15.6. The molecular formula is C35H27Cl2N3O5S2. The third-order valence-corrected chi connectivity index (χ3v) is 9.97. The van der Waals surface area contributed by atoms with Crippen LogP contribution in [-0.2, 0) is 21.9 Å². The fourth-order valence-electron chi connectivity index (χ4n) is 5.05. The molecule has 6 rings (SSSR count). The maximum atomic E-state index is 13.7. The number of aromatic nitrogens is 2. The van der Waals surface area contributed by atoms with Crippen LogP contribution < -0.4 is 14.4 Å². The van der Waals surface area contributed by atoms with Gasteiger partial charge in [-0.15, -0.1) is 10.2 Å². The lowest BCUT2D eigenvalue weighted by Gasteiger charge is -2.23. The average Bonchev–Trinajstić information content (AvgIpc) is 3.66.